The Morgan fingerprint density at radius 1 is 1.12 bits per heavy atom. The molecule has 0 saturated carbocycles. The molecule has 2 nitrogen and oxygen atoms in total. The van der Waals surface area contributed by atoms with Crippen molar-refractivity contribution in [3.8, 4) is 11.3 Å². The number of pyridine rings is 1. The maximum atomic E-state index is 13.7. The van der Waals surface area contributed by atoms with Crippen molar-refractivity contribution in [1.29, 1.82) is 0 Å². The summed E-state index contributed by atoms with van der Waals surface area (Å²) < 4.78 is 27.2. The third-order valence-electron chi connectivity index (χ3n) is 2.32. The number of rotatable bonds is 1. The summed E-state index contributed by atoms with van der Waals surface area (Å²) in [5.41, 5.74) is -0.109. The first-order chi connectivity index (χ1) is 7.59. The van der Waals surface area contributed by atoms with Gasteiger partial charge in [-0.25, -0.2) is 8.78 Å². The van der Waals surface area contributed by atoms with Crippen LogP contribution in [0.3, 0.4) is 0 Å². The van der Waals surface area contributed by atoms with Crippen LogP contribution in [0, 0.1) is 18.6 Å². The molecule has 0 spiro atoms. The average Bonchev–Trinajstić information content (AvgIpc) is 2.24. The predicted octanol–water partition coefficient (Wildman–Crippen LogP) is 2.63. The first-order valence-corrected chi connectivity index (χ1v) is 4.74. The summed E-state index contributed by atoms with van der Waals surface area (Å²) in [7, 11) is 0. The van der Waals surface area contributed by atoms with E-state index in [9.17, 15) is 13.6 Å². The summed E-state index contributed by atoms with van der Waals surface area (Å²) in [6.45, 7) is 1.54. The summed E-state index contributed by atoms with van der Waals surface area (Å²) in [6, 6.07) is 6.74. The number of aromatic nitrogens is 1. The summed E-state index contributed by atoms with van der Waals surface area (Å²) in [6.07, 6.45) is 0. The molecule has 2 aromatic rings. The van der Waals surface area contributed by atoms with Crippen molar-refractivity contribution in [3.63, 3.8) is 0 Å². The fraction of sp³-hybridized carbons (Fsp3) is 0.0833. The highest BCUT2D eigenvalue weighted by atomic mass is 19.1. The molecular weight excluding hydrogens is 212 g/mol. The maximum Gasteiger partial charge on any atom is 0.248 e. The van der Waals surface area contributed by atoms with Gasteiger partial charge in [-0.15, -0.1) is 0 Å². The van der Waals surface area contributed by atoms with Gasteiger partial charge >= 0.3 is 0 Å². The van der Waals surface area contributed by atoms with Crippen LogP contribution in [-0.4, -0.2) is 4.98 Å². The van der Waals surface area contributed by atoms with Gasteiger partial charge in [0.05, 0.1) is 11.3 Å². The highest BCUT2D eigenvalue weighted by Gasteiger charge is 2.13. The first kappa shape index (κ1) is 10.5. The molecule has 0 atom stereocenters. The zero-order valence-electron chi connectivity index (χ0n) is 8.55. The van der Waals surface area contributed by atoms with Gasteiger partial charge in [0, 0.05) is 6.07 Å². The standard InChI is InChI=1S/C12H9F2NO/c1-7-5-6-8(13)11(12(7)14)9-3-2-4-10(16)15-9/h2-6H,1H3,(H,15,16). The van der Waals surface area contributed by atoms with Crippen LogP contribution in [-0.2, 0) is 0 Å². The third-order valence-corrected chi connectivity index (χ3v) is 2.32. The minimum absolute atomic E-state index is 0.145. The molecular formula is C12H9F2NO. The van der Waals surface area contributed by atoms with E-state index in [-0.39, 0.29) is 11.3 Å². The number of aromatic amines is 1. The zero-order chi connectivity index (χ0) is 11.7. The van der Waals surface area contributed by atoms with E-state index in [1.165, 1.54) is 30.3 Å². The van der Waals surface area contributed by atoms with Crippen LogP contribution in [0.2, 0.25) is 0 Å². The number of aryl methyl sites for hydroxylation is 1. The van der Waals surface area contributed by atoms with Gasteiger partial charge in [0.25, 0.3) is 0 Å². The second-order valence-electron chi connectivity index (χ2n) is 3.48. The first-order valence-electron chi connectivity index (χ1n) is 4.74. The van der Waals surface area contributed by atoms with Crippen LogP contribution < -0.4 is 5.56 Å². The molecule has 1 aromatic carbocycles. The lowest BCUT2D eigenvalue weighted by Gasteiger charge is -2.06. The average molecular weight is 221 g/mol. The van der Waals surface area contributed by atoms with E-state index in [2.05, 4.69) is 4.98 Å². The van der Waals surface area contributed by atoms with E-state index in [0.717, 1.165) is 0 Å². The number of hydrogen-bond acceptors (Lipinski definition) is 1. The van der Waals surface area contributed by atoms with Gasteiger partial charge in [0.15, 0.2) is 0 Å². The van der Waals surface area contributed by atoms with E-state index >= 15 is 0 Å². The number of H-pyrrole nitrogens is 1. The molecule has 0 unspecified atom stereocenters. The van der Waals surface area contributed by atoms with Crippen molar-refractivity contribution in [2.45, 2.75) is 6.92 Å². The van der Waals surface area contributed by atoms with Gasteiger partial charge in [0.1, 0.15) is 11.6 Å². The normalized spacial score (nSPS) is 10.4. The Morgan fingerprint density at radius 2 is 1.88 bits per heavy atom. The third kappa shape index (κ3) is 1.74. The molecule has 16 heavy (non-hydrogen) atoms. The van der Waals surface area contributed by atoms with Crippen molar-refractivity contribution in [2.75, 3.05) is 0 Å². The van der Waals surface area contributed by atoms with E-state index in [1.807, 2.05) is 0 Å². The SMILES string of the molecule is Cc1ccc(F)c(-c2cccc(=O)[nH]2)c1F. The highest BCUT2D eigenvalue weighted by molar-refractivity contribution is 5.61. The van der Waals surface area contributed by atoms with Crippen LogP contribution in [0.15, 0.2) is 35.1 Å². The Hall–Kier alpha value is -1.97. The van der Waals surface area contributed by atoms with Crippen molar-refractivity contribution in [1.82, 2.24) is 4.98 Å². The smallest absolute Gasteiger partial charge is 0.248 e. The Bertz CT molecular complexity index is 590. The second-order valence-corrected chi connectivity index (χ2v) is 3.48. The van der Waals surface area contributed by atoms with Gasteiger partial charge in [-0.2, -0.15) is 0 Å². The lowest BCUT2D eigenvalue weighted by molar-refractivity contribution is 0.582. The largest absolute Gasteiger partial charge is 0.322 e. The minimum atomic E-state index is -0.690. The summed E-state index contributed by atoms with van der Waals surface area (Å²) in [5, 5.41) is 0. The van der Waals surface area contributed by atoms with E-state index in [0.29, 0.717) is 5.56 Å². The molecule has 0 saturated heterocycles. The fourth-order valence-corrected chi connectivity index (χ4v) is 1.50. The van der Waals surface area contributed by atoms with Gasteiger partial charge in [-0.05, 0) is 24.6 Å². The van der Waals surface area contributed by atoms with Crippen LogP contribution >= 0.6 is 0 Å². The molecule has 2 rings (SSSR count). The van der Waals surface area contributed by atoms with E-state index in [4.69, 9.17) is 0 Å². The molecule has 0 fully saturated rings. The second kappa shape index (κ2) is 3.89. The van der Waals surface area contributed by atoms with Gasteiger partial charge in [0.2, 0.25) is 5.56 Å². The summed E-state index contributed by atoms with van der Waals surface area (Å²) >= 11 is 0. The monoisotopic (exact) mass is 221 g/mol. The zero-order valence-corrected chi connectivity index (χ0v) is 8.55. The number of benzene rings is 1. The Kier molecular flexibility index (Phi) is 2.56. The molecule has 1 aromatic heterocycles. The lowest BCUT2D eigenvalue weighted by atomic mass is 10.1. The molecule has 0 aliphatic rings. The number of hydrogen-bond donors (Lipinski definition) is 1. The molecule has 0 bridgehead atoms. The number of nitrogens with one attached hydrogen (secondary N) is 1. The minimum Gasteiger partial charge on any atom is -0.322 e. The maximum absolute atomic E-state index is 13.7. The van der Waals surface area contributed by atoms with Crippen LogP contribution in [0.5, 0.6) is 0 Å². The van der Waals surface area contributed by atoms with Crippen molar-refractivity contribution in [2.24, 2.45) is 0 Å². The summed E-state index contributed by atoms with van der Waals surface area (Å²) in [4.78, 5) is 13.5. The molecule has 1 N–H and O–H groups in total. The van der Waals surface area contributed by atoms with Crippen LogP contribution in [0.1, 0.15) is 5.56 Å². The van der Waals surface area contributed by atoms with E-state index < -0.39 is 17.2 Å². The highest BCUT2D eigenvalue weighted by Crippen LogP contribution is 2.25. The summed E-state index contributed by atoms with van der Waals surface area (Å²) in [5.74, 6) is -1.34. The Morgan fingerprint density at radius 3 is 2.56 bits per heavy atom. The molecule has 0 radical (unpaired) electrons. The van der Waals surface area contributed by atoms with Crippen molar-refractivity contribution < 1.29 is 8.78 Å². The number of halogens is 2. The lowest BCUT2D eigenvalue weighted by Crippen LogP contribution is -2.05. The molecule has 0 aliphatic heterocycles. The Balaban J connectivity index is 2.73. The van der Waals surface area contributed by atoms with Crippen molar-refractivity contribution >= 4 is 0 Å². The topological polar surface area (TPSA) is 32.9 Å². The Labute approximate surface area is 90.6 Å². The predicted molar refractivity (Wildman–Crippen MR) is 57.2 cm³/mol. The molecule has 0 aliphatic carbocycles. The molecule has 4 heteroatoms. The van der Waals surface area contributed by atoms with Gasteiger partial charge in [-0.1, -0.05) is 12.1 Å². The van der Waals surface area contributed by atoms with Crippen LogP contribution in [0.4, 0.5) is 8.78 Å². The molecule has 0 amide bonds. The van der Waals surface area contributed by atoms with E-state index in [1.54, 1.807) is 6.92 Å². The molecule has 1 heterocycles. The van der Waals surface area contributed by atoms with Crippen molar-refractivity contribution in [3.05, 3.63) is 57.9 Å². The quantitative estimate of drug-likeness (QED) is 0.788. The molecule has 82 valence electrons. The van der Waals surface area contributed by atoms with Gasteiger partial charge in [-0.3, -0.25) is 4.79 Å². The van der Waals surface area contributed by atoms with Gasteiger partial charge < -0.3 is 4.98 Å². The fourth-order valence-electron chi connectivity index (χ4n) is 1.50. The van der Waals surface area contributed by atoms with Crippen LogP contribution in [0.25, 0.3) is 11.3 Å².